The molecule has 3 heteroatoms. The van der Waals surface area contributed by atoms with Crippen molar-refractivity contribution in [3.63, 3.8) is 0 Å². The third kappa shape index (κ3) is 3.41. The van der Waals surface area contributed by atoms with Crippen molar-refractivity contribution in [1.29, 1.82) is 0 Å². The van der Waals surface area contributed by atoms with E-state index < -0.39 is 0 Å². The number of nitrogens with one attached hydrogen (secondary N) is 1. The number of hydrogen-bond donors (Lipinski definition) is 1. The van der Waals surface area contributed by atoms with Gasteiger partial charge in [0.25, 0.3) is 0 Å². The van der Waals surface area contributed by atoms with E-state index >= 15 is 0 Å². The summed E-state index contributed by atoms with van der Waals surface area (Å²) in [5.74, 6) is 1.88. The Kier molecular flexibility index (Phi) is 4.81. The molecule has 1 atom stereocenters. The summed E-state index contributed by atoms with van der Waals surface area (Å²) in [5.41, 5.74) is 2.78. The average Bonchev–Trinajstić information content (AvgIpc) is 2.49. The van der Waals surface area contributed by atoms with E-state index in [-0.39, 0.29) is 0 Å². The van der Waals surface area contributed by atoms with E-state index in [1.165, 1.54) is 30.4 Å². The molecule has 1 N–H and O–H groups in total. The standard InChI is InChI=1S/C18H27NO2/c1-3-20-16-9-13(10-16)11-17(19-2)14-6-7-18-15(12-14)5-4-8-21-18/h6-7,12-13,16-17,19H,3-5,8-11H2,1-2H3. The van der Waals surface area contributed by atoms with Gasteiger partial charge in [-0.25, -0.2) is 0 Å². The fraction of sp³-hybridized carbons (Fsp3) is 0.667. The van der Waals surface area contributed by atoms with E-state index in [0.717, 1.165) is 37.7 Å². The van der Waals surface area contributed by atoms with Crippen LogP contribution in [0.1, 0.15) is 49.8 Å². The van der Waals surface area contributed by atoms with Gasteiger partial charge in [-0.1, -0.05) is 12.1 Å². The summed E-state index contributed by atoms with van der Waals surface area (Å²) in [5, 5.41) is 3.49. The van der Waals surface area contributed by atoms with Gasteiger partial charge >= 0.3 is 0 Å². The Morgan fingerprint density at radius 2 is 2.24 bits per heavy atom. The predicted molar refractivity (Wildman–Crippen MR) is 84.8 cm³/mol. The molecule has 3 rings (SSSR count). The molecular weight excluding hydrogens is 262 g/mol. The molecule has 2 aliphatic rings. The summed E-state index contributed by atoms with van der Waals surface area (Å²) in [6.45, 7) is 3.79. The normalized spacial score (nSPS) is 25.6. The summed E-state index contributed by atoms with van der Waals surface area (Å²) in [6, 6.07) is 7.17. The molecular formula is C18H27NO2. The van der Waals surface area contributed by atoms with Gasteiger partial charge in [-0.05, 0) is 69.2 Å². The molecule has 1 aliphatic heterocycles. The first-order valence-corrected chi connectivity index (χ1v) is 8.34. The minimum absolute atomic E-state index is 0.449. The van der Waals surface area contributed by atoms with Crippen LogP contribution in [0.3, 0.4) is 0 Å². The lowest BCUT2D eigenvalue weighted by atomic mass is 9.77. The first-order chi connectivity index (χ1) is 10.3. The summed E-state index contributed by atoms with van der Waals surface area (Å²) < 4.78 is 11.4. The maximum Gasteiger partial charge on any atom is 0.122 e. The Bertz CT molecular complexity index is 468. The second-order valence-corrected chi connectivity index (χ2v) is 6.31. The predicted octanol–water partition coefficient (Wildman–Crippen LogP) is 3.48. The number of aryl methyl sites for hydroxylation is 1. The number of benzene rings is 1. The van der Waals surface area contributed by atoms with Gasteiger partial charge in [-0.2, -0.15) is 0 Å². The van der Waals surface area contributed by atoms with Crippen LogP contribution in [0.25, 0.3) is 0 Å². The Hall–Kier alpha value is -1.06. The van der Waals surface area contributed by atoms with E-state index in [0.29, 0.717) is 12.1 Å². The Balaban J connectivity index is 1.61. The van der Waals surface area contributed by atoms with Crippen molar-refractivity contribution in [1.82, 2.24) is 5.32 Å². The Morgan fingerprint density at radius 1 is 1.38 bits per heavy atom. The van der Waals surface area contributed by atoms with Crippen LogP contribution in [0.5, 0.6) is 5.75 Å². The molecule has 21 heavy (non-hydrogen) atoms. The third-order valence-corrected chi connectivity index (χ3v) is 4.85. The molecule has 1 aromatic carbocycles. The van der Waals surface area contributed by atoms with Gasteiger partial charge in [0.2, 0.25) is 0 Å². The first-order valence-electron chi connectivity index (χ1n) is 8.34. The minimum atomic E-state index is 0.449. The molecule has 1 aromatic rings. The second-order valence-electron chi connectivity index (χ2n) is 6.31. The van der Waals surface area contributed by atoms with Crippen LogP contribution >= 0.6 is 0 Å². The quantitative estimate of drug-likeness (QED) is 0.869. The van der Waals surface area contributed by atoms with Crippen LogP contribution in [0.15, 0.2) is 18.2 Å². The smallest absolute Gasteiger partial charge is 0.122 e. The van der Waals surface area contributed by atoms with Crippen LogP contribution in [-0.4, -0.2) is 26.4 Å². The van der Waals surface area contributed by atoms with Crippen LogP contribution in [0.4, 0.5) is 0 Å². The molecule has 1 heterocycles. The van der Waals surface area contributed by atoms with E-state index in [1.807, 2.05) is 0 Å². The molecule has 0 radical (unpaired) electrons. The number of ether oxygens (including phenoxy) is 2. The Morgan fingerprint density at radius 3 is 3.00 bits per heavy atom. The average molecular weight is 289 g/mol. The van der Waals surface area contributed by atoms with Crippen LogP contribution in [0, 0.1) is 5.92 Å². The highest BCUT2D eigenvalue weighted by atomic mass is 16.5. The van der Waals surface area contributed by atoms with Gasteiger partial charge in [0.1, 0.15) is 5.75 Å². The highest BCUT2D eigenvalue weighted by Crippen LogP contribution is 2.38. The van der Waals surface area contributed by atoms with E-state index in [9.17, 15) is 0 Å². The van der Waals surface area contributed by atoms with Crippen LogP contribution < -0.4 is 10.1 Å². The number of rotatable bonds is 6. The molecule has 1 unspecified atom stereocenters. The zero-order chi connectivity index (χ0) is 14.7. The van der Waals surface area contributed by atoms with Crippen molar-refractivity contribution in [2.24, 2.45) is 5.92 Å². The Labute approximate surface area is 128 Å². The molecule has 3 nitrogen and oxygen atoms in total. The van der Waals surface area contributed by atoms with Gasteiger partial charge in [0.15, 0.2) is 0 Å². The molecule has 1 saturated carbocycles. The molecule has 1 aliphatic carbocycles. The van der Waals surface area contributed by atoms with Crippen molar-refractivity contribution in [3.8, 4) is 5.75 Å². The summed E-state index contributed by atoms with van der Waals surface area (Å²) in [6.07, 6.45) is 6.45. The van der Waals surface area contributed by atoms with Gasteiger partial charge < -0.3 is 14.8 Å². The topological polar surface area (TPSA) is 30.5 Å². The molecule has 0 bridgehead atoms. The van der Waals surface area contributed by atoms with Gasteiger partial charge in [0, 0.05) is 12.6 Å². The molecule has 0 amide bonds. The monoisotopic (exact) mass is 289 g/mol. The van der Waals surface area contributed by atoms with Crippen molar-refractivity contribution in [3.05, 3.63) is 29.3 Å². The molecule has 0 spiro atoms. The van der Waals surface area contributed by atoms with Crippen molar-refractivity contribution >= 4 is 0 Å². The maximum absolute atomic E-state index is 5.71. The fourth-order valence-electron chi connectivity index (χ4n) is 3.59. The van der Waals surface area contributed by atoms with Crippen LogP contribution in [0.2, 0.25) is 0 Å². The van der Waals surface area contributed by atoms with E-state index in [4.69, 9.17) is 9.47 Å². The lowest BCUT2D eigenvalue weighted by Crippen LogP contribution is -2.34. The van der Waals surface area contributed by atoms with Crippen molar-refractivity contribution in [2.45, 2.75) is 51.2 Å². The maximum atomic E-state index is 5.71. The molecule has 0 saturated heterocycles. The summed E-state index contributed by atoms with van der Waals surface area (Å²) >= 11 is 0. The minimum Gasteiger partial charge on any atom is -0.493 e. The van der Waals surface area contributed by atoms with E-state index in [2.05, 4.69) is 37.5 Å². The summed E-state index contributed by atoms with van der Waals surface area (Å²) in [7, 11) is 2.07. The van der Waals surface area contributed by atoms with Crippen molar-refractivity contribution in [2.75, 3.05) is 20.3 Å². The highest BCUT2D eigenvalue weighted by Gasteiger charge is 2.31. The zero-order valence-electron chi connectivity index (χ0n) is 13.2. The molecule has 0 aromatic heterocycles. The molecule has 1 fully saturated rings. The van der Waals surface area contributed by atoms with Gasteiger partial charge in [-0.15, -0.1) is 0 Å². The number of fused-ring (bicyclic) bond motifs is 1. The first kappa shape index (κ1) is 14.9. The number of hydrogen-bond acceptors (Lipinski definition) is 3. The largest absolute Gasteiger partial charge is 0.493 e. The van der Waals surface area contributed by atoms with Gasteiger partial charge in [-0.3, -0.25) is 0 Å². The lowest BCUT2D eigenvalue weighted by molar-refractivity contribution is -0.0289. The van der Waals surface area contributed by atoms with Crippen molar-refractivity contribution < 1.29 is 9.47 Å². The highest BCUT2D eigenvalue weighted by molar-refractivity contribution is 5.39. The SMILES string of the molecule is CCOC1CC(CC(NC)c2ccc3c(c2)CCCO3)C1. The fourth-order valence-corrected chi connectivity index (χ4v) is 3.59. The third-order valence-electron chi connectivity index (χ3n) is 4.85. The lowest BCUT2D eigenvalue weighted by Gasteiger charge is -2.37. The zero-order valence-corrected chi connectivity index (χ0v) is 13.2. The van der Waals surface area contributed by atoms with Gasteiger partial charge in [0.05, 0.1) is 12.7 Å². The molecule has 116 valence electrons. The van der Waals surface area contributed by atoms with Crippen LogP contribution in [-0.2, 0) is 11.2 Å². The second kappa shape index (κ2) is 6.80. The van der Waals surface area contributed by atoms with E-state index in [1.54, 1.807) is 0 Å². The summed E-state index contributed by atoms with van der Waals surface area (Å²) in [4.78, 5) is 0.